The highest BCUT2D eigenvalue weighted by Gasteiger charge is 2.06. The maximum atomic E-state index is 5.94. The molecule has 2 rings (SSSR count). The van der Waals surface area contributed by atoms with Gasteiger partial charge in [0.25, 0.3) is 0 Å². The molecule has 4 heteroatoms. The predicted octanol–water partition coefficient (Wildman–Crippen LogP) is 1.98. The van der Waals surface area contributed by atoms with Crippen molar-refractivity contribution in [2.45, 2.75) is 6.42 Å². The molecule has 0 radical (unpaired) electrons. The first-order chi connectivity index (χ1) is 6.83. The molecule has 0 unspecified atom stereocenters. The van der Waals surface area contributed by atoms with Gasteiger partial charge in [-0.1, -0.05) is 23.7 Å². The summed E-state index contributed by atoms with van der Waals surface area (Å²) in [5.74, 6) is 0. The molecule has 3 nitrogen and oxygen atoms in total. The first kappa shape index (κ1) is 9.49. The SMILES string of the molecule is CNCCc1cccc2c(Cl)[nH]nc12. The molecule has 0 aliphatic carbocycles. The molecular weight excluding hydrogens is 198 g/mol. The van der Waals surface area contributed by atoms with E-state index in [2.05, 4.69) is 21.6 Å². The Labute approximate surface area is 87.5 Å². The van der Waals surface area contributed by atoms with Gasteiger partial charge in [-0.3, -0.25) is 5.10 Å². The third-order valence-electron chi connectivity index (χ3n) is 2.27. The number of hydrogen-bond donors (Lipinski definition) is 2. The normalized spacial score (nSPS) is 11.0. The molecule has 0 spiro atoms. The van der Waals surface area contributed by atoms with Crippen molar-refractivity contribution in [1.29, 1.82) is 0 Å². The largest absolute Gasteiger partial charge is 0.319 e. The molecule has 0 amide bonds. The number of hydrogen-bond acceptors (Lipinski definition) is 2. The molecule has 1 aromatic carbocycles. The van der Waals surface area contributed by atoms with E-state index >= 15 is 0 Å². The maximum absolute atomic E-state index is 5.94. The van der Waals surface area contributed by atoms with Gasteiger partial charge in [0, 0.05) is 5.39 Å². The second-order valence-electron chi connectivity index (χ2n) is 3.20. The zero-order chi connectivity index (χ0) is 9.97. The summed E-state index contributed by atoms with van der Waals surface area (Å²) in [4.78, 5) is 0. The first-order valence-corrected chi connectivity index (χ1v) is 4.97. The third kappa shape index (κ3) is 1.61. The summed E-state index contributed by atoms with van der Waals surface area (Å²) in [7, 11) is 1.94. The Balaban J connectivity index is 2.44. The van der Waals surface area contributed by atoms with E-state index in [4.69, 9.17) is 11.6 Å². The van der Waals surface area contributed by atoms with E-state index in [9.17, 15) is 0 Å². The molecule has 0 fully saturated rings. The Kier molecular flexibility index (Phi) is 2.70. The average Bonchev–Trinajstić information content (AvgIpc) is 2.58. The Bertz CT molecular complexity index is 436. The molecule has 0 aliphatic rings. The van der Waals surface area contributed by atoms with E-state index in [1.54, 1.807) is 0 Å². The molecule has 2 N–H and O–H groups in total. The summed E-state index contributed by atoms with van der Waals surface area (Å²) in [5.41, 5.74) is 2.20. The Morgan fingerprint density at radius 2 is 2.36 bits per heavy atom. The number of nitrogens with one attached hydrogen (secondary N) is 2. The van der Waals surface area contributed by atoms with Crippen LogP contribution >= 0.6 is 11.6 Å². The van der Waals surface area contributed by atoms with Gasteiger partial charge < -0.3 is 5.32 Å². The van der Waals surface area contributed by atoms with Crippen molar-refractivity contribution in [3.63, 3.8) is 0 Å². The average molecular weight is 210 g/mol. The number of rotatable bonds is 3. The Hall–Kier alpha value is -1.06. The van der Waals surface area contributed by atoms with Crippen LogP contribution in [0.2, 0.25) is 5.15 Å². The van der Waals surface area contributed by atoms with Gasteiger partial charge in [0.05, 0.1) is 5.52 Å². The van der Waals surface area contributed by atoms with Crippen LogP contribution < -0.4 is 5.32 Å². The molecular formula is C10H12ClN3. The lowest BCUT2D eigenvalue weighted by Crippen LogP contribution is -2.10. The lowest BCUT2D eigenvalue weighted by atomic mass is 10.1. The van der Waals surface area contributed by atoms with Crippen LogP contribution in [-0.4, -0.2) is 23.8 Å². The monoisotopic (exact) mass is 209 g/mol. The fourth-order valence-corrected chi connectivity index (χ4v) is 1.72. The van der Waals surface area contributed by atoms with Gasteiger partial charge in [0.1, 0.15) is 5.15 Å². The summed E-state index contributed by atoms with van der Waals surface area (Å²) in [5, 5.41) is 11.7. The maximum Gasteiger partial charge on any atom is 0.132 e. The van der Waals surface area contributed by atoms with E-state index < -0.39 is 0 Å². The smallest absolute Gasteiger partial charge is 0.132 e. The van der Waals surface area contributed by atoms with Crippen LogP contribution in [0.15, 0.2) is 18.2 Å². The third-order valence-corrected chi connectivity index (χ3v) is 2.55. The summed E-state index contributed by atoms with van der Waals surface area (Å²) in [6.07, 6.45) is 0.967. The molecule has 14 heavy (non-hydrogen) atoms. The molecule has 0 bridgehead atoms. The molecule has 2 aromatic rings. The first-order valence-electron chi connectivity index (χ1n) is 4.59. The number of aromatic amines is 1. The fraction of sp³-hybridized carbons (Fsp3) is 0.300. The van der Waals surface area contributed by atoms with Crippen molar-refractivity contribution in [3.05, 3.63) is 28.9 Å². The number of likely N-dealkylation sites (N-methyl/N-ethyl adjacent to an activating group) is 1. The van der Waals surface area contributed by atoms with E-state index in [-0.39, 0.29) is 0 Å². The van der Waals surface area contributed by atoms with Crippen LogP contribution in [0.25, 0.3) is 10.9 Å². The summed E-state index contributed by atoms with van der Waals surface area (Å²) >= 11 is 5.94. The lowest BCUT2D eigenvalue weighted by Gasteiger charge is -2.00. The molecule has 0 aliphatic heterocycles. The highest BCUT2D eigenvalue weighted by Crippen LogP contribution is 2.23. The predicted molar refractivity (Wildman–Crippen MR) is 58.7 cm³/mol. The number of H-pyrrole nitrogens is 1. The van der Waals surface area contributed by atoms with Crippen LogP contribution in [0.5, 0.6) is 0 Å². The van der Waals surface area contributed by atoms with Crippen molar-refractivity contribution < 1.29 is 0 Å². The highest BCUT2D eigenvalue weighted by atomic mass is 35.5. The van der Waals surface area contributed by atoms with E-state index in [1.165, 1.54) is 5.56 Å². The minimum atomic E-state index is 0.617. The molecule has 74 valence electrons. The number of para-hydroxylation sites is 1. The van der Waals surface area contributed by atoms with Gasteiger partial charge in [-0.15, -0.1) is 0 Å². The van der Waals surface area contributed by atoms with Crippen LogP contribution in [-0.2, 0) is 6.42 Å². The van der Waals surface area contributed by atoms with Crippen molar-refractivity contribution >= 4 is 22.5 Å². The number of nitrogens with zero attached hydrogens (tertiary/aromatic N) is 1. The van der Waals surface area contributed by atoms with Gasteiger partial charge in [0.15, 0.2) is 0 Å². The number of fused-ring (bicyclic) bond motifs is 1. The standard InChI is InChI=1S/C10H12ClN3/c1-12-6-5-7-3-2-4-8-9(7)13-14-10(8)11/h2-4,12H,5-6H2,1H3,(H,13,14). The number of benzene rings is 1. The lowest BCUT2D eigenvalue weighted by molar-refractivity contribution is 0.793. The second kappa shape index (κ2) is 3.98. The van der Waals surface area contributed by atoms with Crippen molar-refractivity contribution in [2.75, 3.05) is 13.6 Å². The van der Waals surface area contributed by atoms with Crippen molar-refractivity contribution in [1.82, 2.24) is 15.5 Å². The topological polar surface area (TPSA) is 40.7 Å². The highest BCUT2D eigenvalue weighted by molar-refractivity contribution is 6.34. The Morgan fingerprint density at radius 3 is 3.14 bits per heavy atom. The molecule has 0 saturated heterocycles. The number of halogens is 1. The second-order valence-corrected chi connectivity index (χ2v) is 3.58. The minimum absolute atomic E-state index is 0.617. The summed E-state index contributed by atoms with van der Waals surface area (Å²) in [6, 6.07) is 6.07. The van der Waals surface area contributed by atoms with Gasteiger partial charge in [-0.25, -0.2) is 0 Å². The molecule has 1 heterocycles. The van der Waals surface area contributed by atoms with Gasteiger partial charge in [-0.2, -0.15) is 5.10 Å². The van der Waals surface area contributed by atoms with Crippen LogP contribution in [0.4, 0.5) is 0 Å². The molecule has 1 aromatic heterocycles. The zero-order valence-electron chi connectivity index (χ0n) is 7.97. The minimum Gasteiger partial charge on any atom is -0.319 e. The number of aromatic nitrogens is 2. The van der Waals surface area contributed by atoms with Crippen LogP contribution in [0.1, 0.15) is 5.56 Å². The van der Waals surface area contributed by atoms with Crippen LogP contribution in [0.3, 0.4) is 0 Å². The van der Waals surface area contributed by atoms with Gasteiger partial charge in [0.2, 0.25) is 0 Å². The van der Waals surface area contributed by atoms with E-state index in [0.717, 1.165) is 23.9 Å². The summed E-state index contributed by atoms with van der Waals surface area (Å²) in [6.45, 7) is 0.948. The molecule has 0 saturated carbocycles. The van der Waals surface area contributed by atoms with Crippen molar-refractivity contribution in [3.8, 4) is 0 Å². The fourth-order valence-electron chi connectivity index (χ4n) is 1.53. The van der Waals surface area contributed by atoms with E-state index in [1.807, 2.05) is 19.2 Å². The Morgan fingerprint density at radius 1 is 1.50 bits per heavy atom. The van der Waals surface area contributed by atoms with E-state index in [0.29, 0.717) is 5.15 Å². The summed E-state index contributed by atoms with van der Waals surface area (Å²) < 4.78 is 0. The van der Waals surface area contributed by atoms with Crippen molar-refractivity contribution in [2.24, 2.45) is 0 Å². The molecule has 0 atom stereocenters. The van der Waals surface area contributed by atoms with Gasteiger partial charge >= 0.3 is 0 Å². The van der Waals surface area contributed by atoms with Crippen LogP contribution in [0, 0.1) is 0 Å². The van der Waals surface area contributed by atoms with Gasteiger partial charge in [-0.05, 0) is 31.6 Å². The zero-order valence-corrected chi connectivity index (χ0v) is 8.73. The quantitative estimate of drug-likeness (QED) is 0.812.